The fraction of sp³-hybridized carbons (Fsp3) is 0.167. The molecule has 1 aromatic carbocycles. The van der Waals surface area contributed by atoms with Gasteiger partial charge in [0.25, 0.3) is 5.91 Å². The summed E-state index contributed by atoms with van der Waals surface area (Å²) < 4.78 is 6.66. The third-order valence-electron chi connectivity index (χ3n) is 4.16. The monoisotopic (exact) mass is 349 g/mol. The summed E-state index contributed by atoms with van der Waals surface area (Å²) >= 11 is 0. The Kier molecular flexibility index (Phi) is 4.14. The number of hydrogen-bond acceptors (Lipinski definition) is 6. The van der Waals surface area contributed by atoms with E-state index in [9.17, 15) is 9.59 Å². The molecule has 26 heavy (non-hydrogen) atoms. The van der Waals surface area contributed by atoms with Crippen LogP contribution >= 0.6 is 0 Å². The minimum Gasteiger partial charge on any atom is -0.452 e. The Hall–Kier alpha value is -3.55. The van der Waals surface area contributed by atoms with E-state index in [1.54, 1.807) is 23.4 Å². The van der Waals surface area contributed by atoms with Gasteiger partial charge in [-0.2, -0.15) is 0 Å². The van der Waals surface area contributed by atoms with Crippen LogP contribution in [0.5, 0.6) is 0 Å². The van der Waals surface area contributed by atoms with Gasteiger partial charge in [-0.15, -0.1) is 5.10 Å². The number of carbonyl (C=O) groups is 2. The molecule has 1 aliphatic heterocycles. The third kappa shape index (κ3) is 3.04. The van der Waals surface area contributed by atoms with Crippen molar-refractivity contribution in [3.8, 4) is 5.69 Å². The van der Waals surface area contributed by atoms with E-state index >= 15 is 0 Å². The molecule has 0 radical (unpaired) electrons. The minimum atomic E-state index is -0.611. The Morgan fingerprint density at radius 1 is 1.19 bits per heavy atom. The van der Waals surface area contributed by atoms with E-state index < -0.39 is 5.97 Å². The quantitative estimate of drug-likeness (QED) is 0.662. The molecule has 0 fully saturated rings. The lowest BCUT2D eigenvalue weighted by Gasteiger charge is -2.17. The molecule has 0 saturated carbocycles. The van der Waals surface area contributed by atoms with Crippen molar-refractivity contribution in [1.82, 2.24) is 20.0 Å². The first-order chi connectivity index (χ1) is 12.7. The van der Waals surface area contributed by atoms with Gasteiger partial charge in [0.15, 0.2) is 6.61 Å². The average molecular weight is 349 g/mol. The molecule has 2 aromatic heterocycles. The van der Waals surface area contributed by atoms with Crippen LogP contribution in [0, 0.1) is 0 Å². The van der Waals surface area contributed by atoms with Gasteiger partial charge in [-0.25, -0.2) is 9.48 Å². The fourth-order valence-electron chi connectivity index (χ4n) is 2.90. The molecule has 8 heteroatoms. The highest BCUT2D eigenvalue weighted by molar-refractivity contribution is 5.98. The van der Waals surface area contributed by atoms with Crippen LogP contribution in [0.3, 0.4) is 0 Å². The summed E-state index contributed by atoms with van der Waals surface area (Å²) in [5.41, 5.74) is 2.82. The van der Waals surface area contributed by atoms with Crippen molar-refractivity contribution in [2.24, 2.45) is 0 Å². The fourth-order valence-corrected chi connectivity index (χ4v) is 2.90. The summed E-state index contributed by atoms with van der Waals surface area (Å²) in [5, 5.41) is 7.56. The molecule has 0 spiro atoms. The number of rotatable bonds is 4. The maximum Gasteiger partial charge on any atom is 0.340 e. The standard InChI is InChI=1S/C18H15N5O3/c24-17(22-7-5-13-3-1-2-4-16(13)22)12-26-18(25)14-9-15(11-19-10-14)23-8-6-20-21-23/h1-4,6,8-11H,5,7,12H2. The van der Waals surface area contributed by atoms with E-state index in [2.05, 4.69) is 15.3 Å². The first-order valence-electron chi connectivity index (χ1n) is 8.09. The lowest BCUT2D eigenvalue weighted by molar-refractivity contribution is -0.121. The van der Waals surface area contributed by atoms with Crippen LogP contribution in [0.2, 0.25) is 0 Å². The number of aromatic nitrogens is 4. The molecule has 0 bridgehead atoms. The van der Waals surface area contributed by atoms with Gasteiger partial charge in [0, 0.05) is 18.4 Å². The maximum atomic E-state index is 12.4. The molecule has 3 heterocycles. The number of esters is 1. The van der Waals surface area contributed by atoms with Gasteiger partial charge < -0.3 is 9.64 Å². The van der Waals surface area contributed by atoms with E-state index in [1.165, 1.54) is 17.1 Å². The highest BCUT2D eigenvalue weighted by Gasteiger charge is 2.25. The number of fused-ring (bicyclic) bond motifs is 1. The molecule has 4 rings (SSSR count). The zero-order valence-electron chi connectivity index (χ0n) is 13.8. The van der Waals surface area contributed by atoms with Crippen molar-refractivity contribution >= 4 is 17.6 Å². The molecule has 0 unspecified atom stereocenters. The normalized spacial score (nSPS) is 12.7. The van der Waals surface area contributed by atoms with Crippen LogP contribution in [-0.4, -0.2) is 45.0 Å². The number of para-hydroxylation sites is 1. The van der Waals surface area contributed by atoms with E-state index in [1.807, 2.05) is 24.3 Å². The van der Waals surface area contributed by atoms with Crippen LogP contribution in [-0.2, 0) is 16.0 Å². The third-order valence-corrected chi connectivity index (χ3v) is 4.16. The molecule has 8 nitrogen and oxygen atoms in total. The number of nitrogens with zero attached hydrogens (tertiary/aromatic N) is 5. The summed E-state index contributed by atoms with van der Waals surface area (Å²) in [5.74, 6) is -0.857. The minimum absolute atomic E-state index is 0.243. The Morgan fingerprint density at radius 2 is 2.08 bits per heavy atom. The molecule has 1 amide bonds. The number of anilines is 1. The average Bonchev–Trinajstić information content (AvgIpc) is 3.36. The zero-order valence-corrected chi connectivity index (χ0v) is 13.8. The number of amides is 1. The van der Waals surface area contributed by atoms with Crippen LogP contribution in [0.1, 0.15) is 15.9 Å². The predicted molar refractivity (Wildman–Crippen MR) is 91.9 cm³/mol. The van der Waals surface area contributed by atoms with Crippen molar-refractivity contribution < 1.29 is 14.3 Å². The first-order valence-corrected chi connectivity index (χ1v) is 8.09. The van der Waals surface area contributed by atoms with Gasteiger partial charge in [0.05, 0.1) is 29.8 Å². The SMILES string of the molecule is O=C(OCC(=O)N1CCc2ccccc21)c1cncc(-n2ccnn2)c1. The zero-order chi connectivity index (χ0) is 17.9. The van der Waals surface area contributed by atoms with E-state index in [0.717, 1.165) is 17.7 Å². The molecule has 0 saturated heterocycles. The highest BCUT2D eigenvalue weighted by atomic mass is 16.5. The number of pyridine rings is 1. The van der Waals surface area contributed by atoms with Gasteiger partial charge in [-0.1, -0.05) is 23.4 Å². The summed E-state index contributed by atoms with van der Waals surface area (Å²) in [7, 11) is 0. The molecular weight excluding hydrogens is 334 g/mol. The van der Waals surface area contributed by atoms with Gasteiger partial charge in [0.2, 0.25) is 0 Å². The van der Waals surface area contributed by atoms with E-state index in [-0.39, 0.29) is 18.1 Å². The second kappa shape index (κ2) is 6.75. The molecule has 1 aliphatic rings. The largest absolute Gasteiger partial charge is 0.452 e. The summed E-state index contributed by atoms with van der Waals surface area (Å²) in [6.07, 6.45) is 6.91. The smallest absolute Gasteiger partial charge is 0.340 e. The van der Waals surface area contributed by atoms with Crippen LogP contribution in [0.25, 0.3) is 5.69 Å². The molecule has 0 aliphatic carbocycles. The predicted octanol–water partition coefficient (Wildman–Crippen LogP) is 1.41. The van der Waals surface area contributed by atoms with E-state index in [4.69, 9.17) is 4.74 Å². The van der Waals surface area contributed by atoms with Crippen molar-refractivity contribution in [1.29, 1.82) is 0 Å². The molecule has 3 aromatic rings. The van der Waals surface area contributed by atoms with Crippen LogP contribution in [0.4, 0.5) is 5.69 Å². The second-order valence-corrected chi connectivity index (χ2v) is 5.78. The number of hydrogen-bond donors (Lipinski definition) is 0. The lowest BCUT2D eigenvalue weighted by Crippen LogP contribution is -2.33. The van der Waals surface area contributed by atoms with Gasteiger partial charge >= 0.3 is 5.97 Å². The van der Waals surface area contributed by atoms with Gasteiger partial charge in [-0.05, 0) is 24.1 Å². The Labute approximate surface area is 149 Å². The lowest BCUT2D eigenvalue weighted by atomic mass is 10.2. The summed E-state index contributed by atoms with van der Waals surface area (Å²) in [6, 6.07) is 9.31. The number of benzene rings is 1. The van der Waals surface area contributed by atoms with Crippen molar-refractivity contribution in [3.05, 3.63) is 66.2 Å². The number of ether oxygens (including phenoxy) is 1. The summed E-state index contributed by atoms with van der Waals surface area (Å²) in [6.45, 7) is 0.278. The summed E-state index contributed by atoms with van der Waals surface area (Å²) in [4.78, 5) is 30.3. The molecule has 0 N–H and O–H groups in total. The van der Waals surface area contributed by atoms with Gasteiger partial charge in [0.1, 0.15) is 0 Å². The Bertz CT molecular complexity index is 955. The Morgan fingerprint density at radius 3 is 2.92 bits per heavy atom. The van der Waals surface area contributed by atoms with Crippen molar-refractivity contribution in [2.75, 3.05) is 18.1 Å². The topological polar surface area (TPSA) is 90.2 Å². The Balaban J connectivity index is 1.42. The molecule has 130 valence electrons. The first kappa shape index (κ1) is 15.9. The highest BCUT2D eigenvalue weighted by Crippen LogP contribution is 2.27. The maximum absolute atomic E-state index is 12.4. The molecular formula is C18H15N5O3. The molecule has 0 atom stereocenters. The van der Waals surface area contributed by atoms with Gasteiger partial charge in [-0.3, -0.25) is 9.78 Å². The second-order valence-electron chi connectivity index (χ2n) is 5.78. The van der Waals surface area contributed by atoms with Crippen molar-refractivity contribution in [2.45, 2.75) is 6.42 Å². The van der Waals surface area contributed by atoms with E-state index in [0.29, 0.717) is 12.2 Å². The van der Waals surface area contributed by atoms with Crippen LogP contribution < -0.4 is 4.90 Å². The number of carbonyl (C=O) groups excluding carboxylic acids is 2. The van der Waals surface area contributed by atoms with Crippen LogP contribution in [0.15, 0.2) is 55.1 Å². The van der Waals surface area contributed by atoms with Crippen molar-refractivity contribution in [3.63, 3.8) is 0 Å².